The maximum Gasteiger partial charge on any atom is 0.224 e. The molecule has 4 nitrogen and oxygen atoms in total. The molecule has 1 amide bonds. The van der Waals surface area contributed by atoms with Gasteiger partial charge in [-0.15, -0.1) is 0 Å². The summed E-state index contributed by atoms with van der Waals surface area (Å²) < 4.78 is 10.9. The van der Waals surface area contributed by atoms with Gasteiger partial charge in [0.25, 0.3) is 0 Å². The molecule has 0 heterocycles. The molecular formula is C19H23NO3. The summed E-state index contributed by atoms with van der Waals surface area (Å²) in [5, 5.41) is 2.86. The van der Waals surface area contributed by atoms with E-state index in [2.05, 4.69) is 11.4 Å². The molecule has 4 heteroatoms. The van der Waals surface area contributed by atoms with Crippen LogP contribution in [-0.2, 0) is 4.79 Å². The van der Waals surface area contributed by atoms with Crippen molar-refractivity contribution in [1.82, 2.24) is 0 Å². The molecule has 0 aliphatic heterocycles. The van der Waals surface area contributed by atoms with Crippen LogP contribution in [0.5, 0.6) is 11.5 Å². The summed E-state index contributed by atoms with van der Waals surface area (Å²) in [6, 6.07) is 13.4. The first-order chi connectivity index (χ1) is 11.1. The highest BCUT2D eigenvalue weighted by atomic mass is 16.5. The summed E-state index contributed by atoms with van der Waals surface area (Å²) in [5.41, 5.74) is 3.02. The summed E-state index contributed by atoms with van der Waals surface area (Å²) in [5.74, 6) is 1.59. The molecule has 2 aromatic rings. The van der Waals surface area contributed by atoms with Crippen molar-refractivity contribution in [1.29, 1.82) is 0 Å². The third-order valence-electron chi connectivity index (χ3n) is 3.50. The Bertz CT molecular complexity index is 667. The predicted molar refractivity (Wildman–Crippen MR) is 92.3 cm³/mol. The van der Waals surface area contributed by atoms with Crippen LogP contribution in [0.25, 0.3) is 0 Å². The summed E-state index contributed by atoms with van der Waals surface area (Å²) >= 11 is 0. The molecule has 122 valence electrons. The van der Waals surface area contributed by atoms with Gasteiger partial charge < -0.3 is 14.8 Å². The van der Waals surface area contributed by atoms with Gasteiger partial charge in [-0.2, -0.15) is 0 Å². The van der Waals surface area contributed by atoms with Crippen molar-refractivity contribution in [3.63, 3.8) is 0 Å². The number of nitrogens with one attached hydrogen (secondary N) is 1. The lowest BCUT2D eigenvalue weighted by molar-refractivity contribution is -0.116. The molecule has 0 saturated heterocycles. The van der Waals surface area contributed by atoms with Crippen LogP contribution in [-0.4, -0.2) is 19.6 Å². The number of carbonyl (C=O) groups excluding carboxylic acids is 1. The van der Waals surface area contributed by atoms with Crippen molar-refractivity contribution in [2.75, 3.05) is 19.0 Å². The highest BCUT2D eigenvalue weighted by Gasteiger charge is 2.05. The van der Waals surface area contributed by atoms with Gasteiger partial charge in [0, 0.05) is 18.2 Å². The van der Waals surface area contributed by atoms with Crippen LogP contribution in [0.4, 0.5) is 5.69 Å². The molecule has 0 radical (unpaired) electrons. The van der Waals surface area contributed by atoms with Crippen LogP contribution < -0.4 is 14.8 Å². The van der Waals surface area contributed by atoms with Crippen molar-refractivity contribution in [2.45, 2.75) is 26.7 Å². The largest absolute Gasteiger partial charge is 0.497 e. The van der Waals surface area contributed by atoms with Crippen molar-refractivity contribution in [3.8, 4) is 11.5 Å². The van der Waals surface area contributed by atoms with E-state index in [9.17, 15) is 4.79 Å². The topological polar surface area (TPSA) is 47.6 Å². The number of amides is 1. The normalized spacial score (nSPS) is 10.2. The molecule has 2 aromatic carbocycles. The van der Waals surface area contributed by atoms with Gasteiger partial charge in [0.2, 0.25) is 5.91 Å². The van der Waals surface area contributed by atoms with Crippen molar-refractivity contribution in [2.24, 2.45) is 0 Å². The van der Waals surface area contributed by atoms with E-state index in [4.69, 9.17) is 9.47 Å². The van der Waals surface area contributed by atoms with Crippen LogP contribution in [0.15, 0.2) is 42.5 Å². The Kier molecular flexibility index (Phi) is 6.03. The third-order valence-corrected chi connectivity index (χ3v) is 3.50. The first-order valence-corrected chi connectivity index (χ1v) is 7.72. The van der Waals surface area contributed by atoms with Gasteiger partial charge in [-0.05, 0) is 49.6 Å². The van der Waals surface area contributed by atoms with Crippen LogP contribution in [0.3, 0.4) is 0 Å². The second kappa shape index (κ2) is 8.22. The first-order valence-electron chi connectivity index (χ1n) is 7.72. The minimum absolute atomic E-state index is 0.0252. The van der Waals surface area contributed by atoms with E-state index in [0.29, 0.717) is 19.4 Å². The van der Waals surface area contributed by atoms with E-state index in [0.717, 1.165) is 22.7 Å². The number of methoxy groups -OCH3 is 1. The zero-order valence-electron chi connectivity index (χ0n) is 13.9. The Hall–Kier alpha value is -2.49. The van der Waals surface area contributed by atoms with E-state index in [1.54, 1.807) is 13.2 Å². The van der Waals surface area contributed by atoms with Crippen molar-refractivity contribution in [3.05, 3.63) is 53.6 Å². The van der Waals surface area contributed by atoms with E-state index < -0.39 is 0 Å². The quantitative estimate of drug-likeness (QED) is 0.783. The Morgan fingerprint density at radius 3 is 2.74 bits per heavy atom. The maximum atomic E-state index is 11.9. The number of anilines is 1. The summed E-state index contributed by atoms with van der Waals surface area (Å²) in [6.45, 7) is 4.58. The lowest BCUT2D eigenvalue weighted by Gasteiger charge is -2.10. The first kappa shape index (κ1) is 16.9. The summed E-state index contributed by atoms with van der Waals surface area (Å²) in [6.07, 6.45) is 1.09. The fourth-order valence-electron chi connectivity index (χ4n) is 2.20. The Morgan fingerprint density at radius 1 is 1.13 bits per heavy atom. The third kappa shape index (κ3) is 5.33. The van der Waals surface area contributed by atoms with Gasteiger partial charge >= 0.3 is 0 Å². The van der Waals surface area contributed by atoms with Gasteiger partial charge in [0.1, 0.15) is 11.5 Å². The highest BCUT2D eigenvalue weighted by Crippen LogP contribution is 2.20. The Labute approximate surface area is 137 Å². The van der Waals surface area contributed by atoms with Crippen molar-refractivity contribution < 1.29 is 14.3 Å². The SMILES string of the molecule is COc1cccc(NC(=O)CCCOc2cc(C)ccc2C)c1. The van der Waals surface area contributed by atoms with E-state index in [-0.39, 0.29) is 5.91 Å². The average Bonchev–Trinajstić information content (AvgIpc) is 2.54. The lowest BCUT2D eigenvalue weighted by Crippen LogP contribution is -2.13. The number of ether oxygens (including phenoxy) is 2. The van der Waals surface area contributed by atoms with Gasteiger partial charge in [-0.3, -0.25) is 4.79 Å². The molecule has 0 bridgehead atoms. The maximum absolute atomic E-state index is 11.9. The van der Waals surface area contributed by atoms with Gasteiger partial charge in [-0.1, -0.05) is 18.2 Å². The van der Waals surface area contributed by atoms with Gasteiger partial charge in [0.15, 0.2) is 0 Å². The van der Waals surface area contributed by atoms with Crippen LogP contribution >= 0.6 is 0 Å². The predicted octanol–water partition coefficient (Wildman–Crippen LogP) is 4.11. The zero-order chi connectivity index (χ0) is 16.7. The van der Waals surface area contributed by atoms with Crippen LogP contribution in [0, 0.1) is 13.8 Å². The highest BCUT2D eigenvalue weighted by molar-refractivity contribution is 5.90. The fraction of sp³-hybridized carbons (Fsp3) is 0.316. The second-order valence-electron chi connectivity index (χ2n) is 5.50. The molecule has 0 saturated carbocycles. The van der Waals surface area contributed by atoms with Crippen LogP contribution in [0.2, 0.25) is 0 Å². The number of hydrogen-bond donors (Lipinski definition) is 1. The smallest absolute Gasteiger partial charge is 0.224 e. The molecule has 23 heavy (non-hydrogen) atoms. The molecule has 0 spiro atoms. The lowest BCUT2D eigenvalue weighted by atomic mass is 10.1. The minimum Gasteiger partial charge on any atom is -0.497 e. The minimum atomic E-state index is -0.0252. The molecular weight excluding hydrogens is 290 g/mol. The number of aryl methyl sites for hydroxylation is 2. The number of hydrogen-bond acceptors (Lipinski definition) is 3. The number of rotatable bonds is 7. The van der Waals surface area contributed by atoms with Gasteiger partial charge in [0.05, 0.1) is 13.7 Å². The number of carbonyl (C=O) groups is 1. The summed E-state index contributed by atoms with van der Waals surface area (Å²) in [4.78, 5) is 11.9. The van der Waals surface area contributed by atoms with E-state index >= 15 is 0 Å². The number of benzene rings is 2. The second-order valence-corrected chi connectivity index (χ2v) is 5.50. The monoisotopic (exact) mass is 313 g/mol. The standard InChI is InChI=1S/C19H23NO3/c1-14-9-10-15(2)18(12-14)23-11-5-8-19(21)20-16-6-4-7-17(13-16)22-3/h4,6-7,9-10,12-13H,5,8,11H2,1-3H3,(H,20,21). The molecule has 0 aromatic heterocycles. The molecule has 0 aliphatic carbocycles. The molecule has 0 atom stereocenters. The Morgan fingerprint density at radius 2 is 1.96 bits per heavy atom. The van der Waals surface area contributed by atoms with Crippen LogP contribution in [0.1, 0.15) is 24.0 Å². The molecule has 0 unspecified atom stereocenters. The molecule has 0 aliphatic rings. The molecule has 2 rings (SSSR count). The van der Waals surface area contributed by atoms with E-state index in [1.165, 1.54) is 5.56 Å². The van der Waals surface area contributed by atoms with Gasteiger partial charge in [-0.25, -0.2) is 0 Å². The average molecular weight is 313 g/mol. The van der Waals surface area contributed by atoms with Crippen molar-refractivity contribution >= 4 is 11.6 Å². The molecule has 0 fully saturated rings. The van der Waals surface area contributed by atoms with E-state index in [1.807, 2.05) is 44.2 Å². The molecule has 1 N–H and O–H groups in total. The Balaban J connectivity index is 1.75. The summed E-state index contributed by atoms with van der Waals surface area (Å²) in [7, 11) is 1.60. The fourth-order valence-corrected chi connectivity index (χ4v) is 2.20. The zero-order valence-corrected chi connectivity index (χ0v) is 13.9.